The van der Waals surface area contributed by atoms with E-state index in [9.17, 15) is 14.9 Å². The zero-order chi connectivity index (χ0) is 15.3. The molecule has 3 aliphatic rings. The SMILES string of the molecule is CC(=O)N[C@@H](C)B(O)OC12CC(CCC1(C)O)C2(C)C. The number of carbonyl (C=O) groups excluding carboxylic acids is 1. The van der Waals surface area contributed by atoms with Crippen LogP contribution < -0.4 is 5.32 Å². The van der Waals surface area contributed by atoms with E-state index in [4.69, 9.17) is 4.65 Å². The van der Waals surface area contributed by atoms with Crippen molar-refractivity contribution < 1.29 is 19.6 Å². The molecule has 4 atom stereocenters. The maximum Gasteiger partial charge on any atom is 0.478 e. The van der Waals surface area contributed by atoms with Crippen LogP contribution in [0.5, 0.6) is 0 Å². The van der Waals surface area contributed by atoms with E-state index in [1.54, 1.807) is 13.8 Å². The molecule has 20 heavy (non-hydrogen) atoms. The Morgan fingerprint density at radius 3 is 2.50 bits per heavy atom. The molecule has 0 radical (unpaired) electrons. The number of rotatable bonds is 4. The monoisotopic (exact) mass is 283 g/mol. The van der Waals surface area contributed by atoms with E-state index in [0.717, 1.165) is 12.8 Å². The lowest BCUT2D eigenvalue weighted by Crippen LogP contribution is -2.77. The van der Waals surface area contributed by atoms with Crippen molar-refractivity contribution in [1.29, 1.82) is 0 Å². The molecule has 3 unspecified atom stereocenters. The fraction of sp³-hybridized carbons (Fsp3) is 0.929. The number of nitrogens with one attached hydrogen (secondary N) is 1. The number of amides is 1. The molecule has 1 amide bonds. The van der Waals surface area contributed by atoms with E-state index in [0.29, 0.717) is 12.3 Å². The zero-order valence-corrected chi connectivity index (χ0v) is 13.1. The second-order valence-corrected chi connectivity index (χ2v) is 7.26. The van der Waals surface area contributed by atoms with Crippen LogP contribution in [0.4, 0.5) is 0 Å². The van der Waals surface area contributed by atoms with Gasteiger partial charge in [-0.05, 0) is 44.4 Å². The number of hydrogen-bond donors (Lipinski definition) is 3. The molecule has 114 valence electrons. The zero-order valence-electron chi connectivity index (χ0n) is 13.1. The van der Waals surface area contributed by atoms with Crippen LogP contribution in [0.1, 0.15) is 53.9 Å². The normalized spacial score (nSPS) is 39.6. The van der Waals surface area contributed by atoms with Crippen LogP contribution in [0.3, 0.4) is 0 Å². The van der Waals surface area contributed by atoms with Gasteiger partial charge in [0.25, 0.3) is 0 Å². The molecular weight excluding hydrogens is 257 g/mol. The Hall–Kier alpha value is -0.585. The molecule has 2 bridgehead atoms. The molecule has 3 N–H and O–H groups in total. The predicted molar refractivity (Wildman–Crippen MR) is 76.8 cm³/mol. The summed E-state index contributed by atoms with van der Waals surface area (Å²) in [5, 5.41) is 23.6. The maximum atomic E-state index is 11.1. The molecule has 0 heterocycles. The lowest BCUT2D eigenvalue weighted by Gasteiger charge is -2.71. The van der Waals surface area contributed by atoms with Crippen LogP contribution in [-0.4, -0.2) is 40.3 Å². The second kappa shape index (κ2) is 4.72. The minimum Gasteiger partial charge on any atom is -0.426 e. The van der Waals surface area contributed by atoms with Crippen molar-refractivity contribution in [2.24, 2.45) is 11.3 Å². The van der Waals surface area contributed by atoms with Gasteiger partial charge in [-0.2, -0.15) is 0 Å². The number of aliphatic hydroxyl groups is 1. The summed E-state index contributed by atoms with van der Waals surface area (Å²) in [5.41, 5.74) is -1.87. The van der Waals surface area contributed by atoms with Gasteiger partial charge in [-0.15, -0.1) is 0 Å². The van der Waals surface area contributed by atoms with Gasteiger partial charge in [-0.1, -0.05) is 13.8 Å². The van der Waals surface area contributed by atoms with Gasteiger partial charge in [0.15, 0.2) is 0 Å². The summed E-state index contributed by atoms with van der Waals surface area (Å²) in [6.45, 7) is 9.07. The van der Waals surface area contributed by atoms with Crippen molar-refractivity contribution in [3.05, 3.63) is 0 Å². The lowest BCUT2D eigenvalue weighted by molar-refractivity contribution is -0.305. The van der Waals surface area contributed by atoms with E-state index < -0.39 is 24.3 Å². The molecule has 3 fully saturated rings. The predicted octanol–water partition coefficient (Wildman–Crippen LogP) is 0.877. The van der Waals surface area contributed by atoms with Gasteiger partial charge in [-0.3, -0.25) is 4.79 Å². The highest BCUT2D eigenvalue weighted by Gasteiger charge is 2.71. The summed E-state index contributed by atoms with van der Waals surface area (Å²) in [7, 11) is -1.12. The van der Waals surface area contributed by atoms with Crippen LogP contribution in [0.15, 0.2) is 0 Å². The highest BCUT2D eigenvalue weighted by atomic mass is 16.6. The summed E-state index contributed by atoms with van der Waals surface area (Å²) in [5.74, 6) is -0.195. The van der Waals surface area contributed by atoms with Crippen molar-refractivity contribution in [1.82, 2.24) is 5.32 Å². The first-order chi connectivity index (χ1) is 9.03. The largest absolute Gasteiger partial charge is 0.478 e. The van der Waals surface area contributed by atoms with Crippen molar-refractivity contribution in [3.63, 3.8) is 0 Å². The highest BCUT2D eigenvalue weighted by molar-refractivity contribution is 6.45. The van der Waals surface area contributed by atoms with Gasteiger partial charge >= 0.3 is 7.12 Å². The molecule has 6 heteroatoms. The average Bonchev–Trinajstić information content (AvgIpc) is 2.29. The fourth-order valence-electron chi connectivity index (χ4n) is 4.12. The average molecular weight is 283 g/mol. The third-order valence-corrected chi connectivity index (χ3v) is 5.63. The summed E-state index contributed by atoms with van der Waals surface area (Å²) >= 11 is 0. The first kappa shape index (κ1) is 15.8. The molecule has 0 spiro atoms. The van der Waals surface area contributed by atoms with Gasteiger partial charge in [0.2, 0.25) is 5.91 Å². The van der Waals surface area contributed by atoms with Crippen LogP contribution in [0.2, 0.25) is 0 Å². The summed E-state index contributed by atoms with van der Waals surface area (Å²) in [6.07, 6.45) is 2.43. The Morgan fingerprint density at radius 2 is 2.05 bits per heavy atom. The smallest absolute Gasteiger partial charge is 0.426 e. The van der Waals surface area contributed by atoms with Crippen LogP contribution in [0.25, 0.3) is 0 Å². The lowest BCUT2D eigenvalue weighted by atomic mass is 9.40. The first-order valence-corrected chi connectivity index (χ1v) is 7.39. The molecule has 3 aliphatic carbocycles. The topological polar surface area (TPSA) is 78.8 Å². The second-order valence-electron chi connectivity index (χ2n) is 7.26. The van der Waals surface area contributed by atoms with E-state index in [-0.39, 0.29) is 11.3 Å². The number of hydrogen-bond acceptors (Lipinski definition) is 4. The van der Waals surface area contributed by atoms with Gasteiger partial charge in [-0.25, -0.2) is 0 Å². The number of fused-ring (bicyclic) bond motifs is 2. The third kappa shape index (κ3) is 2.09. The summed E-state index contributed by atoms with van der Waals surface area (Å²) < 4.78 is 5.93. The molecule has 0 aromatic carbocycles. The van der Waals surface area contributed by atoms with Crippen LogP contribution in [0, 0.1) is 11.3 Å². The van der Waals surface area contributed by atoms with Crippen LogP contribution >= 0.6 is 0 Å². The molecule has 5 nitrogen and oxygen atoms in total. The van der Waals surface area contributed by atoms with Crippen molar-refractivity contribution in [3.8, 4) is 0 Å². The Labute approximate surface area is 121 Å². The van der Waals surface area contributed by atoms with Crippen molar-refractivity contribution >= 4 is 13.0 Å². The van der Waals surface area contributed by atoms with Gasteiger partial charge in [0.05, 0.1) is 17.1 Å². The van der Waals surface area contributed by atoms with Crippen LogP contribution in [-0.2, 0) is 9.45 Å². The molecule has 0 aromatic rings. The van der Waals surface area contributed by atoms with E-state index in [1.807, 2.05) is 0 Å². The maximum absolute atomic E-state index is 11.1. The molecule has 0 aromatic heterocycles. The molecule has 0 saturated heterocycles. The first-order valence-electron chi connectivity index (χ1n) is 7.39. The van der Waals surface area contributed by atoms with E-state index >= 15 is 0 Å². The fourth-order valence-corrected chi connectivity index (χ4v) is 4.12. The van der Waals surface area contributed by atoms with Crippen molar-refractivity contribution in [2.45, 2.75) is 71.0 Å². The molecule has 0 aliphatic heterocycles. The van der Waals surface area contributed by atoms with E-state index in [2.05, 4.69) is 19.2 Å². The van der Waals surface area contributed by atoms with Gasteiger partial charge in [0, 0.05) is 6.92 Å². The Bertz CT molecular complexity index is 402. The standard InChI is InChI=1S/C14H26BNO4/c1-9(16-10(2)17)15(19)20-14-8-11(12(14,3)4)6-7-13(14,5)18/h9,11,18-19H,6-8H2,1-5H3,(H,16,17)/t9-,11?,13?,14?/m0/s1. The summed E-state index contributed by atoms with van der Waals surface area (Å²) in [4.78, 5) is 11.1. The minimum absolute atomic E-state index is 0.175. The Morgan fingerprint density at radius 1 is 1.45 bits per heavy atom. The third-order valence-electron chi connectivity index (χ3n) is 5.63. The molecule has 3 rings (SSSR count). The molecular formula is C14H26BNO4. The quantitative estimate of drug-likeness (QED) is 0.669. The van der Waals surface area contributed by atoms with E-state index in [1.165, 1.54) is 6.92 Å². The highest BCUT2D eigenvalue weighted by Crippen LogP contribution is 2.67. The minimum atomic E-state index is -1.12. The molecule has 3 saturated carbocycles. The Balaban J connectivity index is 2.15. The number of carbonyl (C=O) groups is 1. The summed E-state index contributed by atoms with van der Waals surface area (Å²) in [6, 6.07) is 0. The van der Waals surface area contributed by atoms with Gasteiger partial charge in [0.1, 0.15) is 0 Å². The van der Waals surface area contributed by atoms with Crippen molar-refractivity contribution in [2.75, 3.05) is 0 Å². The van der Waals surface area contributed by atoms with Gasteiger partial charge < -0.3 is 20.1 Å². The Kier molecular flexibility index (Phi) is 3.72.